The second kappa shape index (κ2) is 31.2. The van der Waals surface area contributed by atoms with Crippen molar-refractivity contribution in [2.45, 2.75) is 5.92 Å². The minimum absolute atomic E-state index is 0.0121. The van der Waals surface area contributed by atoms with E-state index in [-0.39, 0.29) is 51.2 Å². The number of carboxylic acid groups (broad SMARTS) is 3. The molecule has 4 N–H and O–H groups in total. The maximum absolute atomic E-state index is 13.5. The van der Waals surface area contributed by atoms with Gasteiger partial charge in [-0.05, 0) is 111 Å². The summed E-state index contributed by atoms with van der Waals surface area (Å²) in [5.74, 6) is -3.30. The summed E-state index contributed by atoms with van der Waals surface area (Å²) in [6.07, 6.45) is 13.9. The number of pyridine rings is 2. The fraction of sp³-hybridized carbons (Fsp3) is 0.121. The van der Waals surface area contributed by atoms with Crippen LogP contribution in [0.4, 0.5) is 33.2 Å². The molecular weight excluding hydrogens is 1380 g/mol. The Labute approximate surface area is 634 Å². The predicted molar refractivity (Wildman–Crippen MR) is 430 cm³/mol. The summed E-state index contributed by atoms with van der Waals surface area (Å²) in [5.41, 5.74) is 23.0. The van der Waals surface area contributed by atoms with Crippen LogP contribution in [-0.4, -0.2) is 96.0 Å². The number of carbonyl (C=O) groups is 5. The van der Waals surface area contributed by atoms with Gasteiger partial charge >= 0.3 is 24.0 Å². The molecule has 0 fully saturated rings. The van der Waals surface area contributed by atoms with Crippen molar-refractivity contribution in [2.24, 2.45) is 21.1 Å². The van der Waals surface area contributed by atoms with Crippen LogP contribution in [0.3, 0.4) is 0 Å². The number of hydrogen-bond acceptors (Lipinski definition) is 10. The molecule has 1 aliphatic carbocycles. The summed E-state index contributed by atoms with van der Waals surface area (Å²) in [5, 5.41) is 34.7. The number of fused-ring (bicyclic) bond motifs is 11. The average molecular weight is 1460 g/mol. The standard InChI is InChI=1S/C41H36N4O5.C26H20N2O2.C24H18N2O2S/c1-43-21-18-28(30-10-6-8-16-37(30)43)24-29-19-22-44(38-17-9-7-11-31(29)38)25-39(46)45(26-40(47)48)23-20-42-41(49)50-27-36-34-14-4-2-12-32(34)33-13-3-5-15-35(33)36;1-27-15-14-18(19-8-2-5-11-23(19)27)16-22-20-9-3-6-12-24(20)28(17-26(29)30)25-13-7-4-10-21(22)25;1-25-21-12-6-7-13-22(21)29-23(25)14-18-16-8-2-4-10-19(16)26(15-24(27)28)20-11-5-3-9-17(18)20/h2-19,21-22,24,36H,20,23,25-27H2,1H3,(H-,42,47,48,49);2-16H,17H2,1H3;2-14H,15H2,1H3/p+3. The number of amides is 2. The molecule has 0 atom stereocenters. The molecule has 13 aromatic rings. The van der Waals surface area contributed by atoms with Crippen LogP contribution in [0.25, 0.3) is 78.1 Å². The third kappa shape index (κ3) is 14.7. The lowest BCUT2D eigenvalue weighted by atomic mass is 9.88. The second-order valence-electron chi connectivity index (χ2n) is 26.9. The number of aryl methyl sites for hydroxylation is 3. The monoisotopic (exact) mass is 1460 g/mol. The van der Waals surface area contributed by atoms with E-state index in [1.807, 2.05) is 187 Å². The molecule has 10 aromatic carbocycles. The van der Waals surface area contributed by atoms with Gasteiger partial charge in [0.15, 0.2) is 12.4 Å². The van der Waals surface area contributed by atoms with Crippen LogP contribution in [0.15, 0.2) is 279 Å². The Hall–Kier alpha value is -13.6. The van der Waals surface area contributed by atoms with E-state index in [9.17, 15) is 39.3 Å². The topological polar surface area (TPSA) is 192 Å². The van der Waals surface area contributed by atoms with Gasteiger partial charge in [-0.3, -0.25) is 19.2 Å². The summed E-state index contributed by atoms with van der Waals surface area (Å²) in [6.45, 7) is -0.496. The van der Waals surface area contributed by atoms with Crippen molar-refractivity contribution in [2.75, 3.05) is 60.6 Å². The van der Waals surface area contributed by atoms with Crippen molar-refractivity contribution in [3.63, 3.8) is 0 Å². The molecule has 18 heteroatoms. The highest BCUT2D eigenvalue weighted by atomic mass is 32.1. The average Bonchev–Trinajstić information content (AvgIpc) is 1.13. The molecular formula is C91H77N8O9S+3. The van der Waals surface area contributed by atoms with E-state index in [1.54, 1.807) is 11.3 Å². The van der Waals surface area contributed by atoms with Crippen LogP contribution in [0.2, 0.25) is 0 Å². The van der Waals surface area contributed by atoms with Gasteiger partial charge in [0.2, 0.25) is 22.5 Å². The van der Waals surface area contributed by atoms with E-state index in [0.29, 0.717) is 0 Å². The van der Waals surface area contributed by atoms with E-state index in [4.69, 9.17) is 4.74 Å². The molecule has 0 saturated carbocycles. The Bertz CT molecular complexity index is 5760. The van der Waals surface area contributed by atoms with Crippen LogP contribution in [0, 0.1) is 0 Å². The lowest BCUT2D eigenvalue weighted by molar-refractivity contribution is -0.645. The summed E-state index contributed by atoms with van der Waals surface area (Å²) in [4.78, 5) is 68.0. The van der Waals surface area contributed by atoms with E-state index in [2.05, 4.69) is 166 Å². The smallest absolute Gasteiger partial charge is 0.407 e. The number of thiazole rings is 1. The number of aliphatic carboxylic acids is 3. The molecule has 3 aliphatic heterocycles. The first-order valence-corrected chi connectivity index (χ1v) is 36.7. The number of allylic oxidation sites excluding steroid dienone is 2. The Morgan fingerprint density at radius 3 is 1.40 bits per heavy atom. The minimum atomic E-state index is -1.14. The van der Waals surface area contributed by atoms with Crippen LogP contribution in [0.1, 0.15) is 61.0 Å². The van der Waals surface area contributed by atoms with E-state index >= 15 is 0 Å². The van der Waals surface area contributed by atoms with Crippen molar-refractivity contribution in [1.82, 2.24) is 10.2 Å². The molecule has 0 radical (unpaired) electrons. The van der Waals surface area contributed by atoms with Crippen LogP contribution >= 0.6 is 11.3 Å². The highest BCUT2D eigenvalue weighted by Gasteiger charge is 2.33. The van der Waals surface area contributed by atoms with Gasteiger partial charge in [-0.25, -0.2) is 13.9 Å². The first-order valence-electron chi connectivity index (χ1n) is 35.9. The summed E-state index contributed by atoms with van der Waals surface area (Å²) in [7, 11) is 6.16. The van der Waals surface area contributed by atoms with Crippen molar-refractivity contribution in [3.8, 4) is 11.1 Å². The van der Waals surface area contributed by atoms with E-state index in [1.165, 1.54) is 20.5 Å². The van der Waals surface area contributed by atoms with Gasteiger partial charge in [-0.15, -0.1) is 0 Å². The fourth-order valence-corrected chi connectivity index (χ4v) is 16.2. The summed E-state index contributed by atoms with van der Waals surface area (Å²) < 4.78 is 13.3. The number of ether oxygens (including phenoxy) is 1. The third-order valence-electron chi connectivity index (χ3n) is 20.3. The van der Waals surface area contributed by atoms with Gasteiger partial charge in [0, 0.05) is 123 Å². The number of alkyl carbamates (subject to hydrolysis) is 1. The first-order chi connectivity index (χ1) is 53.1. The summed E-state index contributed by atoms with van der Waals surface area (Å²) in [6, 6.07) is 85.3. The molecule has 538 valence electrons. The number of aromatic nitrogens is 3. The number of nitrogens with one attached hydrogen (secondary N) is 1. The van der Waals surface area contributed by atoms with Gasteiger partial charge < -0.3 is 45.0 Å². The Kier molecular flexibility index (Phi) is 20.4. The molecule has 17 rings (SSSR count). The molecule has 17 nitrogen and oxygen atoms in total. The number of carbonyl (C=O) groups excluding carboxylic acids is 2. The number of para-hydroxylation sites is 8. The molecule has 0 spiro atoms. The number of benzene rings is 10. The molecule has 2 amide bonds. The second-order valence-corrected chi connectivity index (χ2v) is 28.0. The molecule has 4 aliphatic rings. The SMILES string of the molecule is C[n+]1c(C=C2c3ccccc3N(CC(=O)O)c3ccccc32)sc2ccccc21.C[n+]1ccc(/C=C2/C=CN(CC(=O)N(CCNC(=O)OCC3c4ccccc4-c4ccccc43)CC(=O)O)c3ccccc32)c2ccccc21.C[n+]1ccc(C=C2c3ccccc3N(CC(=O)O)c3ccccc32)c2ccccc21. The van der Waals surface area contributed by atoms with Crippen molar-refractivity contribution in [1.29, 1.82) is 0 Å². The zero-order chi connectivity index (χ0) is 75.2. The van der Waals surface area contributed by atoms with E-state index in [0.717, 1.165) is 128 Å². The lowest BCUT2D eigenvalue weighted by Crippen LogP contribution is -2.45. The predicted octanol–water partition coefficient (Wildman–Crippen LogP) is 15.6. The third-order valence-corrected chi connectivity index (χ3v) is 21.4. The maximum atomic E-state index is 13.5. The Balaban J connectivity index is 0.000000138. The van der Waals surface area contributed by atoms with Crippen molar-refractivity contribution >= 4 is 137 Å². The quantitative estimate of drug-likeness (QED) is 0.0670. The van der Waals surface area contributed by atoms with Crippen molar-refractivity contribution in [3.05, 3.63) is 335 Å². The molecule has 0 unspecified atom stereocenters. The maximum Gasteiger partial charge on any atom is 0.407 e. The van der Waals surface area contributed by atoms with Gasteiger partial charge in [-0.2, -0.15) is 4.57 Å². The van der Waals surface area contributed by atoms with Crippen LogP contribution in [-0.2, 0) is 45.1 Å². The number of hydrogen-bond donors (Lipinski definition) is 4. The largest absolute Gasteiger partial charge is 0.480 e. The highest BCUT2D eigenvalue weighted by molar-refractivity contribution is 7.18. The molecule has 0 bridgehead atoms. The zero-order valence-corrected chi connectivity index (χ0v) is 61.0. The number of nitrogens with zero attached hydrogens (tertiary/aromatic N) is 7. The van der Waals surface area contributed by atoms with Gasteiger partial charge in [0.25, 0.3) is 5.01 Å². The van der Waals surface area contributed by atoms with Crippen LogP contribution in [0.5, 0.6) is 0 Å². The van der Waals surface area contributed by atoms with Gasteiger partial charge in [0.05, 0.1) is 10.8 Å². The first kappa shape index (κ1) is 71.1. The van der Waals surface area contributed by atoms with Gasteiger partial charge in [0.1, 0.15) is 58.6 Å². The zero-order valence-electron chi connectivity index (χ0n) is 60.1. The Morgan fingerprint density at radius 2 is 0.899 bits per heavy atom. The van der Waals surface area contributed by atoms with Crippen molar-refractivity contribution < 1.29 is 57.7 Å². The fourth-order valence-electron chi connectivity index (χ4n) is 15.2. The Morgan fingerprint density at radius 1 is 0.468 bits per heavy atom. The highest BCUT2D eigenvalue weighted by Crippen LogP contribution is 2.49. The number of carboxylic acids is 3. The number of anilines is 5. The minimum Gasteiger partial charge on any atom is -0.480 e. The molecule has 6 heterocycles. The normalized spacial score (nSPS) is 13.1. The van der Waals surface area contributed by atoms with E-state index < -0.39 is 30.5 Å². The summed E-state index contributed by atoms with van der Waals surface area (Å²) >= 11 is 1.76. The molecule has 3 aromatic heterocycles. The molecule has 0 saturated heterocycles. The number of rotatable bonds is 16. The van der Waals surface area contributed by atoms with Gasteiger partial charge in [-0.1, -0.05) is 187 Å². The van der Waals surface area contributed by atoms with Crippen LogP contribution < -0.4 is 33.7 Å². The lowest BCUT2D eigenvalue weighted by Gasteiger charge is -2.33. The molecule has 109 heavy (non-hydrogen) atoms.